The average molecular weight is 301 g/mol. The molecule has 1 heterocycles. The van der Waals surface area contributed by atoms with Gasteiger partial charge in [0.15, 0.2) is 12.0 Å². The van der Waals surface area contributed by atoms with Gasteiger partial charge in [-0.1, -0.05) is 27.7 Å². The molecule has 6 heteroatoms. The molecular weight excluding hydrogens is 278 g/mol. The number of aldehydes is 1. The fourth-order valence-electron chi connectivity index (χ4n) is 2.15. The number of sulfonamides is 1. The maximum absolute atomic E-state index is 12.7. The molecule has 0 spiro atoms. The summed E-state index contributed by atoms with van der Waals surface area (Å²) in [6.45, 7) is 8.32. The largest absolute Gasteiger partial charge is 0.440 e. The van der Waals surface area contributed by atoms with Crippen molar-refractivity contribution in [2.24, 2.45) is 5.92 Å². The molecule has 0 bridgehead atoms. The minimum atomic E-state index is -3.70. The highest BCUT2D eigenvalue weighted by atomic mass is 32.2. The Labute approximate surface area is 121 Å². The molecule has 0 aliphatic rings. The third kappa shape index (κ3) is 3.70. The molecule has 1 rings (SSSR count). The highest BCUT2D eigenvalue weighted by molar-refractivity contribution is 7.89. The van der Waals surface area contributed by atoms with Gasteiger partial charge in [-0.15, -0.1) is 0 Å². The first-order chi connectivity index (χ1) is 9.36. The maximum Gasteiger partial charge on any atom is 0.276 e. The Morgan fingerprint density at radius 1 is 1.25 bits per heavy atom. The lowest BCUT2D eigenvalue weighted by atomic mass is 10.1. The second-order valence-corrected chi connectivity index (χ2v) is 7.04. The molecule has 0 N–H and O–H groups in total. The number of nitrogens with zero attached hydrogens (tertiary/aromatic N) is 1. The van der Waals surface area contributed by atoms with Crippen LogP contribution in [-0.4, -0.2) is 31.6 Å². The van der Waals surface area contributed by atoms with E-state index in [1.807, 2.05) is 27.7 Å². The molecule has 5 nitrogen and oxygen atoms in total. The first kappa shape index (κ1) is 16.9. The summed E-state index contributed by atoms with van der Waals surface area (Å²) in [5.74, 6) is 0.239. The number of carbonyl (C=O) groups is 1. The molecule has 0 aromatic carbocycles. The van der Waals surface area contributed by atoms with Gasteiger partial charge in [0.25, 0.3) is 10.0 Å². The highest BCUT2D eigenvalue weighted by Gasteiger charge is 2.32. The van der Waals surface area contributed by atoms with Gasteiger partial charge in [0, 0.05) is 12.6 Å². The van der Waals surface area contributed by atoms with Gasteiger partial charge in [-0.05, 0) is 30.9 Å². The predicted octanol–water partition coefficient (Wildman–Crippen LogP) is 2.93. The van der Waals surface area contributed by atoms with Crippen LogP contribution in [-0.2, 0) is 10.0 Å². The third-order valence-corrected chi connectivity index (χ3v) is 4.97. The number of hydrogen-bond acceptors (Lipinski definition) is 4. The molecule has 0 amide bonds. The van der Waals surface area contributed by atoms with Crippen LogP contribution < -0.4 is 0 Å². The Bertz CT molecular complexity index is 529. The number of hydrogen-bond donors (Lipinski definition) is 0. The average Bonchev–Trinajstić information content (AvgIpc) is 2.88. The lowest BCUT2D eigenvalue weighted by Gasteiger charge is -2.30. The molecule has 20 heavy (non-hydrogen) atoms. The van der Waals surface area contributed by atoms with Crippen LogP contribution in [0.4, 0.5) is 0 Å². The van der Waals surface area contributed by atoms with E-state index >= 15 is 0 Å². The van der Waals surface area contributed by atoms with E-state index in [4.69, 9.17) is 4.42 Å². The first-order valence-corrected chi connectivity index (χ1v) is 8.37. The standard InChI is InChI=1S/C14H23NO4S/c1-5-12(6-2)15(9-11(3)4)20(17,18)14-8-7-13(10-16)19-14/h7-8,10-12H,5-6,9H2,1-4H3. The Balaban J connectivity index is 3.18. The van der Waals surface area contributed by atoms with Crippen LogP contribution in [0.5, 0.6) is 0 Å². The van der Waals surface area contributed by atoms with Gasteiger partial charge in [-0.3, -0.25) is 4.79 Å². The topological polar surface area (TPSA) is 67.6 Å². The SMILES string of the molecule is CCC(CC)N(CC(C)C)S(=O)(=O)c1ccc(C=O)o1. The van der Waals surface area contributed by atoms with Crippen molar-refractivity contribution >= 4 is 16.3 Å². The number of rotatable bonds is 8. The predicted molar refractivity (Wildman–Crippen MR) is 77.2 cm³/mol. The van der Waals surface area contributed by atoms with E-state index in [0.29, 0.717) is 12.8 Å². The molecular formula is C14H23NO4S. The van der Waals surface area contributed by atoms with E-state index in [1.165, 1.54) is 16.4 Å². The number of carbonyl (C=O) groups excluding carboxylic acids is 1. The molecule has 114 valence electrons. The first-order valence-electron chi connectivity index (χ1n) is 6.93. The van der Waals surface area contributed by atoms with E-state index < -0.39 is 10.0 Å². The van der Waals surface area contributed by atoms with Crippen molar-refractivity contribution in [3.63, 3.8) is 0 Å². The van der Waals surface area contributed by atoms with Gasteiger partial charge in [0.1, 0.15) is 0 Å². The summed E-state index contributed by atoms with van der Waals surface area (Å²) in [5, 5.41) is -0.160. The van der Waals surface area contributed by atoms with Crippen molar-refractivity contribution in [2.45, 2.75) is 51.7 Å². The fraction of sp³-hybridized carbons (Fsp3) is 0.643. The second-order valence-electron chi connectivity index (χ2n) is 5.21. The molecule has 0 unspecified atom stereocenters. The Morgan fingerprint density at radius 2 is 1.85 bits per heavy atom. The summed E-state index contributed by atoms with van der Waals surface area (Å²) in [5.41, 5.74) is 0. The summed E-state index contributed by atoms with van der Waals surface area (Å²) >= 11 is 0. The smallest absolute Gasteiger partial charge is 0.276 e. The maximum atomic E-state index is 12.7. The van der Waals surface area contributed by atoms with Crippen LogP contribution in [0, 0.1) is 5.92 Å². The van der Waals surface area contributed by atoms with Crippen LogP contribution in [0.25, 0.3) is 0 Å². The lowest BCUT2D eigenvalue weighted by Crippen LogP contribution is -2.41. The minimum absolute atomic E-state index is 0.0256. The van der Waals surface area contributed by atoms with Crippen molar-refractivity contribution in [2.75, 3.05) is 6.54 Å². The van der Waals surface area contributed by atoms with Crippen LogP contribution in [0.3, 0.4) is 0 Å². The van der Waals surface area contributed by atoms with E-state index in [-0.39, 0.29) is 22.8 Å². The van der Waals surface area contributed by atoms with Crippen LogP contribution in [0.1, 0.15) is 51.1 Å². The minimum Gasteiger partial charge on any atom is -0.440 e. The second kappa shape index (κ2) is 7.04. The quantitative estimate of drug-likeness (QED) is 0.692. The van der Waals surface area contributed by atoms with Gasteiger partial charge in [0.2, 0.25) is 5.09 Å². The summed E-state index contributed by atoms with van der Waals surface area (Å²) in [6, 6.07) is 2.65. The molecule has 0 saturated heterocycles. The summed E-state index contributed by atoms with van der Waals surface area (Å²) in [4.78, 5) is 10.6. The van der Waals surface area contributed by atoms with Gasteiger partial charge in [-0.2, -0.15) is 4.31 Å². The molecule has 0 fully saturated rings. The van der Waals surface area contributed by atoms with Crippen molar-refractivity contribution < 1.29 is 17.6 Å². The van der Waals surface area contributed by atoms with Crippen LogP contribution >= 0.6 is 0 Å². The van der Waals surface area contributed by atoms with Gasteiger partial charge in [-0.25, -0.2) is 8.42 Å². The fourth-order valence-corrected chi connectivity index (χ4v) is 4.01. The van der Waals surface area contributed by atoms with Gasteiger partial charge < -0.3 is 4.42 Å². The van der Waals surface area contributed by atoms with Gasteiger partial charge >= 0.3 is 0 Å². The van der Waals surface area contributed by atoms with Crippen LogP contribution in [0.15, 0.2) is 21.6 Å². The molecule has 1 aromatic rings. The number of furan rings is 1. The van der Waals surface area contributed by atoms with E-state index in [9.17, 15) is 13.2 Å². The van der Waals surface area contributed by atoms with Crippen LogP contribution in [0.2, 0.25) is 0 Å². The molecule has 0 radical (unpaired) electrons. The van der Waals surface area contributed by atoms with Crippen molar-refractivity contribution in [1.82, 2.24) is 4.31 Å². The van der Waals surface area contributed by atoms with Crippen molar-refractivity contribution in [3.05, 3.63) is 17.9 Å². The zero-order valence-electron chi connectivity index (χ0n) is 12.5. The molecule has 0 atom stereocenters. The van der Waals surface area contributed by atoms with Crippen molar-refractivity contribution in [1.29, 1.82) is 0 Å². The zero-order chi connectivity index (χ0) is 15.3. The highest BCUT2D eigenvalue weighted by Crippen LogP contribution is 2.24. The molecule has 1 aromatic heterocycles. The molecule has 0 saturated carbocycles. The lowest BCUT2D eigenvalue weighted by molar-refractivity contribution is 0.109. The Morgan fingerprint density at radius 3 is 2.25 bits per heavy atom. The van der Waals surface area contributed by atoms with E-state index in [2.05, 4.69) is 0 Å². The Kier molecular flexibility index (Phi) is 5.95. The Hall–Kier alpha value is -1.14. The van der Waals surface area contributed by atoms with Crippen molar-refractivity contribution in [3.8, 4) is 0 Å². The summed E-state index contributed by atoms with van der Waals surface area (Å²) in [6.07, 6.45) is 1.98. The molecule has 0 aliphatic carbocycles. The normalized spacial score (nSPS) is 12.6. The zero-order valence-corrected chi connectivity index (χ0v) is 13.3. The molecule has 0 aliphatic heterocycles. The summed E-state index contributed by atoms with van der Waals surface area (Å²) in [7, 11) is -3.70. The third-order valence-electron chi connectivity index (χ3n) is 3.18. The summed E-state index contributed by atoms with van der Waals surface area (Å²) < 4.78 is 31.9. The monoisotopic (exact) mass is 301 g/mol. The van der Waals surface area contributed by atoms with E-state index in [0.717, 1.165) is 12.8 Å². The van der Waals surface area contributed by atoms with Gasteiger partial charge in [0.05, 0.1) is 0 Å². The van der Waals surface area contributed by atoms with E-state index in [1.54, 1.807) is 0 Å².